The van der Waals surface area contributed by atoms with E-state index in [2.05, 4.69) is 0 Å². The normalized spacial score (nSPS) is 13.9. The maximum atomic E-state index is 11.2. The van der Waals surface area contributed by atoms with Crippen molar-refractivity contribution in [3.8, 4) is 0 Å². The minimum absolute atomic E-state index is 0.139. The van der Waals surface area contributed by atoms with Crippen molar-refractivity contribution < 1.29 is 13.5 Å². The number of thiophene rings is 1. The molecule has 1 aromatic heterocycles. The molecule has 0 spiro atoms. The Bertz CT molecular complexity index is 425. The first-order chi connectivity index (χ1) is 7.44. The van der Waals surface area contributed by atoms with Gasteiger partial charge in [0.2, 0.25) is 0 Å². The van der Waals surface area contributed by atoms with Crippen LogP contribution in [0.15, 0.2) is 11.4 Å². The highest BCUT2D eigenvalue weighted by Gasteiger charge is 2.12. The highest BCUT2D eigenvalue weighted by atomic mass is 35.5. The second-order valence-electron chi connectivity index (χ2n) is 3.56. The summed E-state index contributed by atoms with van der Waals surface area (Å²) in [6.07, 6.45) is 0.327. The highest BCUT2D eigenvalue weighted by Crippen LogP contribution is 2.27. The maximum Gasteiger partial charge on any atom is 0.150 e. The number of hydrogen-bond acceptors (Lipinski definition) is 4. The SMILES string of the molecule is CCS(=O)(=O)CCCC(O)c1cc(Cl)cs1. The van der Waals surface area contributed by atoms with E-state index in [1.54, 1.807) is 18.4 Å². The Labute approximate surface area is 105 Å². The Hall–Kier alpha value is -0.100. The van der Waals surface area contributed by atoms with Gasteiger partial charge in [0.25, 0.3) is 0 Å². The Balaban J connectivity index is 2.39. The van der Waals surface area contributed by atoms with Gasteiger partial charge in [0.05, 0.1) is 16.9 Å². The monoisotopic (exact) mass is 282 g/mol. The second kappa shape index (κ2) is 6.00. The van der Waals surface area contributed by atoms with Gasteiger partial charge in [0.1, 0.15) is 9.84 Å². The predicted molar refractivity (Wildman–Crippen MR) is 67.9 cm³/mol. The first-order valence-electron chi connectivity index (χ1n) is 5.07. The number of sulfone groups is 1. The Morgan fingerprint density at radius 1 is 1.56 bits per heavy atom. The lowest BCUT2D eigenvalue weighted by Gasteiger charge is -2.07. The van der Waals surface area contributed by atoms with E-state index in [-0.39, 0.29) is 11.5 Å². The smallest absolute Gasteiger partial charge is 0.150 e. The fourth-order valence-corrected chi connectivity index (χ4v) is 3.28. The molecule has 16 heavy (non-hydrogen) atoms. The molecule has 0 bridgehead atoms. The van der Waals surface area contributed by atoms with E-state index < -0.39 is 15.9 Å². The van der Waals surface area contributed by atoms with Gasteiger partial charge in [0, 0.05) is 16.0 Å². The van der Waals surface area contributed by atoms with Crippen LogP contribution in [0.25, 0.3) is 0 Å². The molecule has 1 aromatic rings. The average molecular weight is 283 g/mol. The van der Waals surface area contributed by atoms with E-state index in [9.17, 15) is 13.5 Å². The van der Waals surface area contributed by atoms with Crippen LogP contribution in [0.5, 0.6) is 0 Å². The Morgan fingerprint density at radius 2 is 2.25 bits per heavy atom. The standard InChI is InChI=1S/C10H15ClO3S2/c1-2-16(13,14)5-3-4-9(12)10-6-8(11)7-15-10/h6-7,9,12H,2-5H2,1H3. The summed E-state index contributed by atoms with van der Waals surface area (Å²) in [6, 6.07) is 1.71. The van der Waals surface area contributed by atoms with Gasteiger partial charge >= 0.3 is 0 Å². The molecule has 1 rings (SSSR count). The molecule has 0 amide bonds. The molecule has 0 aliphatic heterocycles. The molecule has 0 aromatic carbocycles. The van der Waals surface area contributed by atoms with E-state index in [4.69, 9.17) is 11.6 Å². The van der Waals surface area contributed by atoms with E-state index in [1.807, 2.05) is 0 Å². The lowest BCUT2D eigenvalue weighted by atomic mass is 10.2. The van der Waals surface area contributed by atoms with Crippen LogP contribution >= 0.6 is 22.9 Å². The van der Waals surface area contributed by atoms with Crippen molar-refractivity contribution in [2.45, 2.75) is 25.9 Å². The van der Waals surface area contributed by atoms with Crippen molar-refractivity contribution in [1.82, 2.24) is 0 Å². The lowest BCUT2D eigenvalue weighted by molar-refractivity contribution is 0.170. The molecular formula is C10H15ClO3S2. The molecule has 1 N–H and O–H groups in total. The van der Waals surface area contributed by atoms with Crippen LogP contribution in [0.2, 0.25) is 5.02 Å². The van der Waals surface area contributed by atoms with E-state index in [0.29, 0.717) is 17.9 Å². The summed E-state index contributed by atoms with van der Waals surface area (Å²) in [6.45, 7) is 1.63. The Kier molecular flexibility index (Phi) is 5.24. The number of aliphatic hydroxyl groups excluding tert-OH is 1. The van der Waals surface area contributed by atoms with Crippen LogP contribution in [0.3, 0.4) is 0 Å². The molecule has 0 aliphatic rings. The maximum absolute atomic E-state index is 11.2. The molecular weight excluding hydrogens is 268 g/mol. The zero-order valence-corrected chi connectivity index (χ0v) is 11.4. The van der Waals surface area contributed by atoms with Crippen LogP contribution in [0.1, 0.15) is 30.7 Å². The summed E-state index contributed by atoms with van der Waals surface area (Å²) in [5.41, 5.74) is 0. The predicted octanol–water partition coefficient (Wildman–Crippen LogP) is 2.65. The van der Waals surface area contributed by atoms with Gasteiger partial charge in [-0.1, -0.05) is 18.5 Å². The van der Waals surface area contributed by atoms with E-state index in [0.717, 1.165) is 4.88 Å². The van der Waals surface area contributed by atoms with Crippen molar-refractivity contribution in [1.29, 1.82) is 0 Å². The number of halogens is 1. The first kappa shape index (κ1) is 14.0. The van der Waals surface area contributed by atoms with Crippen molar-refractivity contribution >= 4 is 32.8 Å². The minimum Gasteiger partial charge on any atom is -0.388 e. The molecule has 0 saturated carbocycles. The fourth-order valence-electron chi connectivity index (χ4n) is 1.29. The molecule has 3 nitrogen and oxygen atoms in total. The molecule has 6 heteroatoms. The molecule has 0 fully saturated rings. The summed E-state index contributed by atoms with van der Waals surface area (Å²) >= 11 is 7.13. The van der Waals surface area contributed by atoms with E-state index in [1.165, 1.54) is 11.3 Å². The van der Waals surface area contributed by atoms with Gasteiger partial charge < -0.3 is 5.11 Å². The van der Waals surface area contributed by atoms with Gasteiger partial charge in [-0.25, -0.2) is 8.42 Å². The van der Waals surface area contributed by atoms with Gasteiger partial charge in [-0.15, -0.1) is 11.3 Å². The number of rotatable bonds is 6. The van der Waals surface area contributed by atoms with Crippen molar-refractivity contribution in [2.75, 3.05) is 11.5 Å². The van der Waals surface area contributed by atoms with Crippen molar-refractivity contribution in [3.63, 3.8) is 0 Å². The zero-order valence-electron chi connectivity index (χ0n) is 9.02. The topological polar surface area (TPSA) is 54.4 Å². The molecule has 92 valence electrons. The highest BCUT2D eigenvalue weighted by molar-refractivity contribution is 7.91. The van der Waals surface area contributed by atoms with Crippen LogP contribution in [0, 0.1) is 0 Å². The lowest BCUT2D eigenvalue weighted by Crippen LogP contribution is -2.09. The molecule has 1 unspecified atom stereocenters. The van der Waals surface area contributed by atoms with Crippen LogP contribution < -0.4 is 0 Å². The quantitative estimate of drug-likeness (QED) is 0.873. The molecule has 1 atom stereocenters. The number of hydrogen-bond donors (Lipinski definition) is 1. The van der Waals surface area contributed by atoms with Gasteiger partial charge in [0.15, 0.2) is 0 Å². The summed E-state index contributed by atoms with van der Waals surface area (Å²) in [7, 11) is -2.93. The third-order valence-electron chi connectivity index (χ3n) is 2.29. The molecule has 0 saturated heterocycles. The van der Waals surface area contributed by atoms with Crippen molar-refractivity contribution in [3.05, 3.63) is 21.3 Å². The number of aliphatic hydroxyl groups is 1. The zero-order chi connectivity index (χ0) is 12.2. The molecule has 1 heterocycles. The third-order valence-corrected chi connectivity index (χ3v) is 5.46. The summed E-state index contributed by atoms with van der Waals surface area (Å²) < 4.78 is 22.4. The molecule has 0 radical (unpaired) electrons. The third kappa shape index (κ3) is 4.41. The first-order valence-corrected chi connectivity index (χ1v) is 8.15. The minimum atomic E-state index is -2.93. The van der Waals surface area contributed by atoms with Gasteiger partial charge in [-0.3, -0.25) is 0 Å². The van der Waals surface area contributed by atoms with Crippen LogP contribution in [-0.4, -0.2) is 25.0 Å². The van der Waals surface area contributed by atoms with Crippen LogP contribution in [-0.2, 0) is 9.84 Å². The summed E-state index contributed by atoms with van der Waals surface area (Å²) in [5.74, 6) is 0.299. The largest absolute Gasteiger partial charge is 0.388 e. The average Bonchev–Trinajstić information content (AvgIpc) is 2.64. The summed E-state index contributed by atoms with van der Waals surface area (Å²) in [4.78, 5) is 0.791. The fraction of sp³-hybridized carbons (Fsp3) is 0.600. The van der Waals surface area contributed by atoms with Crippen LogP contribution in [0.4, 0.5) is 0 Å². The Morgan fingerprint density at radius 3 is 2.75 bits per heavy atom. The van der Waals surface area contributed by atoms with E-state index >= 15 is 0 Å². The molecule has 0 aliphatic carbocycles. The van der Waals surface area contributed by atoms with Crippen molar-refractivity contribution in [2.24, 2.45) is 0 Å². The van der Waals surface area contributed by atoms with Gasteiger partial charge in [-0.2, -0.15) is 0 Å². The second-order valence-corrected chi connectivity index (χ2v) is 7.41. The summed E-state index contributed by atoms with van der Waals surface area (Å²) in [5, 5.41) is 12.1. The van der Waals surface area contributed by atoms with Gasteiger partial charge in [-0.05, 0) is 18.9 Å².